The molecule has 2 nitrogen and oxygen atoms in total. The highest BCUT2D eigenvalue weighted by molar-refractivity contribution is 9.10. The first-order valence-corrected chi connectivity index (χ1v) is 8.81. The summed E-state index contributed by atoms with van der Waals surface area (Å²) in [5.74, 6) is 0.986. The first-order valence-electron chi connectivity index (χ1n) is 7.14. The molecule has 1 N–H and O–H groups in total. The second-order valence-electron chi connectivity index (χ2n) is 4.99. The predicted octanol–water partition coefficient (Wildman–Crippen LogP) is 5.49. The van der Waals surface area contributed by atoms with E-state index in [4.69, 9.17) is 0 Å². The third kappa shape index (κ3) is 3.63. The Labute approximate surface area is 137 Å². The normalized spacial score (nSPS) is 10.9. The molecule has 2 heterocycles. The van der Waals surface area contributed by atoms with Gasteiger partial charge >= 0.3 is 0 Å². The Balaban J connectivity index is 1.52. The highest BCUT2D eigenvalue weighted by atomic mass is 79.9. The van der Waals surface area contributed by atoms with Gasteiger partial charge in [-0.15, -0.1) is 11.3 Å². The second kappa shape index (κ2) is 7.05. The van der Waals surface area contributed by atoms with Gasteiger partial charge < -0.3 is 5.32 Å². The quantitative estimate of drug-likeness (QED) is 0.587. The third-order valence-corrected chi connectivity index (χ3v) is 5.34. The Morgan fingerprint density at radius 3 is 2.81 bits per heavy atom. The molecule has 0 atom stereocenters. The van der Waals surface area contributed by atoms with Gasteiger partial charge in [0.05, 0.1) is 0 Å². The summed E-state index contributed by atoms with van der Waals surface area (Å²) in [4.78, 5) is 4.46. The fourth-order valence-electron chi connectivity index (χ4n) is 2.39. The second-order valence-corrected chi connectivity index (χ2v) is 6.75. The van der Waals surface area contributed by atoms with Gasteiger partial charge in [0.25, 0.3) is 0 Å². The van der Waals surface area contributed by atoms with Crippen molar-refractivity contribution in [3.05, 3.63) is 58.0 Å². The standard InChI is InChI=1S/C17H17BrN2S/c18-14-12-21-15-9-11-20-17(16(14)15)19-10-5-4-8-13-6-2-1-3-7-13/h1-3,6-7,9,11-12H,4-5,8,10H2,(H,19,20). The third-order valence-electron chi connectivity index (χ3n) is 3.47. The van der Waals surface area contributed by atoms with Crippen molar-refractivity contribution in [3.63, 3.8) is 0 Å². The number of halogens is 1. The lowest BCUT2D eigenvalue weighted by molar-refractivity contribution is 0.762. The van der Waals surface area contributed by atoms with Gasteiger partial charge in [-0.05, 0) is 46.8 Å². The smallest absolute Gasteiger partial charge is 0.135 e. The van der Waals surface area contributed by atoms with Gasteiger partial charge in [-0.2, -0.15) is 0 Å². The summed E-state index contributed by atoms with van der Waals surface area (Å²) in [5.41, 5.74) is 1.42. The van der Waals surface area contributed by atoms with E-state index in [-0.39, 0.29) is 0 Å². The van der Waals surface area contributed by atoms with E-state index in [1.165, 1.54) is 22.1 Å². The number of benzene rings is 1. The summed E-state index contributed by atoms with van der Waals surface area (Å²) in [6, 6.07) is 12.7. The largest absolute Gasteiger partial charge is 0.370 e. The number of pyridine rings is 1. The summed E-state index contributed by atoms with van der Waals surface area (Å²) in [6.07, 6.45) is 5.35. The zero-order chi connectivity index (χ0) is 14.5. The van der Waals surface area contributed by atoms with E-state index in [0.717, 1.165) is 29.7 Å². The molecular formula is C17H17BrN2S. The van der Waals surface area contributed by atoms with Gasteiger partial charge in [-0.1, -0.05) is 30.3 Å². The van der Waals surface area contributed by atoms with E-state index < -0.39 is 0 Å². The molecule has 0 bridgehead atoms. The molecule has 108 valence electrons. The molecule has 2 aromatic heterocycles. The molecule has 0 aliphatic rings. The van der Waals surface area contributed by atoms with Crippen LogP contribution in [0, 0.1) is 0 Å². The molecule has 0 radical (unpaired) electrons. The van der Waals surface area contributed by atoms with Crippen molar-refractivity contribution in [3.8, 4) is 0 Å². The number of hydrogen-bond acceptors (Lipinski definition) is 3. The molecule has 21 heavy (non-hydrogen) atoms. The van der Waals surface area contributed by atoms with Gasteiger partial charge in [-0.25, -0.2) is 4.98 Å². The van der Waals surface area contributed by atoms with Crippen molar-refractivity contribution in [2.24, 2.45) is 0 Å². The van der Waals surface area contributed by atoms with Crippen molar-refractivity contribution in [2.75, 3.05) is 11.9 Å². The number of hydrogen-bond donors (Lipinski definition) is 1. The molecule has 4 heteroatoms. The van der Waals surface area contributed by atoms with Crippen LogP contribution in [0.25, 0.3) is 10.1 Å². The lowest BCUT2D eigenvalue weighted by Gasteiger charge is -2.07. The molecule has 0 aliphatic carbocycles. The predicted molar refractivity (Wildman–Crippen MR) is 95.2 cm³/mol. The van der Waals surface area contributed by atoms with Crippen LogP contribution in [0.1, 0.15) is 18.4 Å². The van der Waals surface area contributed by atoms with Crippen molar-refractivity contribution >= 4 is 43.2 Å². The lowest BCUT2D eigenvalue weighted by Crippen LogP contribution is -2.04. The zero-order valence-electron chi connectivity index (χ0n) is 11.7. The van der Waals surface area contributed by atoms with Crippen molar-refractivity contribution in [2.45, 2.75) is 19.3 Å². The zero-order valence-corrected chi connectivity index (χ0v) is 14.1. The molecule has 0 unspecified atom stereocenters. The van der Waals surface area contributed by atoms with Crippen LogP contribution < -0.4 is 5.32 Å². The van der Waals surface area contributed by atoms with Crippen LogP contribution in [0.5, 0.6) is 0 Å². The van der Waals surface area contributed by atoms with Crippen LogP contribution in [-0.4, -0.2) is 11.5 Å². The molecular weight excluding hydrogens is 344 g/mol. The van der Waals surface area contributed by atoms with Crippen LogP contribution in [0.4, 0.5) is 5.82 Å². The van der Waals surface area contributed by atoms with E-state index in [2.05, 4.69) is 68.0 Å². The van der Waals surface area contributed by atoms with Gasteiger partial charge in [-0.3, -0.25) is 0 Å². The molecule has 1 aromatic carbocycles. The molecule has 3 rings (SSSR count). The Morgan fingerprint density at radius 2 is 1.95 bits per heavy atom. The maximum absolute atomic E-state index is 4.46. The van der Waals surface area contributed by atoms with E-state index in [0.29, 0.717) is 0 Å². The molecule has 0 saturated heterocycles. The number of fused-ring (bicyclic) bond motifs is 1. The number of unbranched alkanes of at least 4 members (excludes halogenated alkanes) is 1. The highest BCUT2D eigenvalue weighted by Crippen LogP contribution is 2.34. The molecule has 0 saturated carbocycles. The maximum Gasteiger partial charge on any atom is 0.135 e. The summed E-state index contributed by atoms with van der Waals surface area (Å²) in [5, 5.41) is 6.78. The average Bonchev–Trinajstić information content (AvgIpc) is 2.90. The van der Waals surface area contributed by atoms with Crippen LogP contribution in [0.3, 0.4) is 0 Å². The summed E-state index contributed by atoms with van der Waals surface area (Å²) >= 11 is 5.34. The van der Waals surface area contributed by atoms with E-state index in [1.807, 2.05) is 6.20 Å². The molecule has 0 spiro atoms. The van der Waals surface area contributed by atoms with E-state index in [9.17, 15) is 0 Å². The summed E-state index contributed by atoms with van der Waals surface area (Å²) in [7, 11) is 0. The van der Waals surface area contributed by atoms with Gasteiger partial charge in [0.15, 0.2) is 0 Å². The van der Waals surface area contributed by atoms with Crippen molar-refractivity contribution in [1.82, 2.24) is 4.98 Å². The number of thiophene rings is 1. The average molecular weight is 361 g/mol. The van der Waals surface area contributed by atoms with Crippen LogP contribution in [0.2, 0.25) is 0 Å². The minimum absolute atomic E-state index is 0.960. The summed E-state index contributed by atoms with van der Waals surface area (Å²) < 4.78 is 2.39. The number of nitrogens with zero attached hydrogens (tertiary/aromatic N) is 1. The van der Waals surface area contributed by atoms with Crippen LogP contribution in [0.15, 0.2) is 52.4 Å². The Kier molecular flexibility index (Phi) is 4.88. The maximum atomic E-state index is 4.46. The van der Waals surface area contributed by atoms with Gasteiger partial charge in [0.2, 0.25) is 0 Å². The van der Waals surface area contributed by atoms with Crippen molar-refractivity contribution < 1.29 is 0 Å². The molecule has 0 amide bonds. The Hall–Kier alpha value is -1.39. The number of rotatable bonds is 6. The first kappa shape index (κ1) is 14.5. The number of nitrogens with one attached hydrogen (secondary N) is 1. The molecule has 3 aromatic rings. The van der Waals surface area contributed by atoms with Crippen molar-refractivity contribution in [1.29, 1.82) is 0 Å². The minimum Gasteiger partial charge on any atom is -0.370 e. The number of anilines is 1. The van der Waals surface area contributed by atoms with E-state index in [1.54, 1.807) is 11.3 Å². The SMILES string of the molecule is Brc1csc2ccnc(NCCCCc3ccccc3)c12. The molecule has 0 fully saturated rings. The van der Waals surface area contributed by atoms with Gasteiger partial charge in [0.1, 0.15) is 5.82 Å². The fraction of sp³-hybridized carbons (Fsp3) is 0.235. The monoisotopic (exact) mass is 360 g/mol. The number of aryl methyl sites for hydroxylation is 1. The van der Waals surface area contributed by atoms with Crippen LogP contribution in [-0.2, 0) is 6.42 Å². The van der Waals surface area contributed by atoms with Gasteiger partial charge in [0, 0.05) is 32.7 Å². The lowest BCUT2D eigenvalue weighted by atomic mass is 10.1. The van der Waals surface area contributed by atoms with E-state index >= 15 is 0 Å². The Bertz CT molecular complexity index is 709. The highest BCUT2D eigenvalue weighted by Gasteiger charge is 2.07. The topological polar surface area (TPSA) is 24.9 Å². The number of aromatic nitrogens is 1. The summed E-state index contributed by atoms with van der Waals surface area (Å²) in [6.45, 7) is 0.960. The first-order chi connectivity index (χ1) is 10.3. The minimum atomic E-state index is 0.960. The van der Waals surface area contributed by atoms with Crippen LogP contribution >= 0.6 is 27.3 Å². The fourth-order valence-corrected chi connectivity index (χ4v) is 4.01. The Morgan fingerprint density at radius 1 is 1.10 bits per heavy atom. The molecule has 0 aliphatic heterocycles.